The lowest BCUT2D eigenvalue weighted by molar-refractivity contribution is -0.142. The molecule has 210 valence electrons. The van der Waals surface area contributed by atoms with Crippen molar-refractivity contribution in [1.29, 1.82) is 0 Å². The minimum absolute atomic E-state index is 0.0214. The lowest BCUT2D eigenvalue weighted by Gasteiger charge is -2.53. The maximum Gasteiger partial charge on any atom is 0.303 e. The van der Waals surface area contributed by atoms with Crippen molar-refractivity contribution in [2.75, 3.05) is 6.61 Å². The van der Waals surface area contributed by atoms with E-state index in [9.17, 15) is 19.8 Å². The molecule has 1 saturated carbocycles. The van der Waals surface area contributed by atoms with Crippen molar-refractivity contribution >= 4 is 12.3 Å². The molecule has 0 aromatic heterocycles. The van der Waals surface area contributed by atoms with Crippen molar-refractivity contribution < 1.29 is 24.5 Å². The van der Waals surface area contributed by atoms with Crippen LogP contribution in [0.1, 0.15) is 107 Å². The molecule has 0 spiro atoms. The van der Waals surface area contributed by atoms with Crippen molar-refractivity contribution in [2.45, 2.75) is 118 Å². The summed E-state index contributed by atoms with van der Waals surface area (Å²) in [5.74, 6) is 0.0781. The zero-order valence-corrected chi connectivity index (χ0v) is 24.6. The summed E-state index contributed by atoms with van der Waals surface area (Å²) in [6.07, 6.45) is 15.1. The molecule has 37 heavy (non-hydrogen) atoms. The topological polar surface area (TPSA) is 83.8 Å². The highest BCUT2D eigenvalue weighted by atomic mass is 16.5. The van der Waals surface area contributed by atoms with Gasteiger partial charge in [0.15, 0.2) is 0 Å². The molecule has 5 nitrogen and oxygen atoms in total. The van der Waals surface area contributed by atoms with E-state index in [1.54, 1.807) is 0 Å². The van der Waals surface area contributed by atoms with Gasteiger partial charge in [-0.05, 0) is 115 Å². The largest absolute Gasteiger partial charge is 0.454 e. The van der Waals surface area contributed by atoms with E-state index >= 15 is 0 Å². The molecule has 1 aliphatic rings. The molecule has 2 N–H and O–H groups in total. The molecule has 0 unspecified atom stereocenters. The Morgan fingerprint density at radius 3 is 2.35 bits per heavy atom. The number of aliphatic hydroxyl groups excluding tert-OH is 1. The Kier molecular flexibility index (Phi) is 13.8. The normalized spacial score (nSPS) is 27.5. The Bertz CT molecular complexity index is 872. The average molecular weight is 517 g/mol. The fraction of sp³-hybridized carbons (Fsp3) is 0.688. The minimum Gasteiger partial charge on any atom is -0.454 e. The Hall–Kier alpha value is -1.98. The first kappa shape index (κ1) is 33.0. The van der Waals surface area contributed by atoms with Crippen LogP contribution in [0, 0.1) is 17.3 Å². The van der Waals surface area contributed by atoms with E-state index < -0.39 is 17.1 Å². The molecular formula is C32H52O5. The number of hydrogen-bond acceptors (Lipinski definition) is 5. The molecule has 0 aromatic rings. The summed E-state index contributed by atoms with van der Waals surface area (Å²) in [5, 5.41) is 21.0. The Morgan fingerprint density at radius 1 is 1.11 bits per heavy atom. The van der Waals surface area contributed by atoms with Gasteiger partial charge in [0.05, 0.1) is 5.60 Å². The third kappa shape index (κ3) is 10.0. The van der Waals surface area contributed by atoms with E-state index in [0.29, 0.717) is 31.6 Å². The van der Waals surface area contributed by atoms with Crippen LogP contribution in [0.25, 0.3) is 0 Å². The molecule has 0 saturated heterocycles. The fourth-order valence-electron chi connectivity index (χ4n) is 5.58. The highest BCUT2D eigenvalue weighted by Crippen LogP contribution is 2.55. The zero-order chi connectivity index (χ0) is 28.2. The van der Waals surface area contributed by atoms with Crippen molar-refractivity contribution in [3.05, 3.63) is 46.6 Å². The van der Waals surface area contributed by atoms with E-state index in [1.807, 2.05) is 26.8 Å². The van der Waals surface area contributed by atoms with E-state index in [1.165, 1.54) is 12.5 Å². The number of esters is 1. The van der Waals surface area contributed by atoms with Crippen molar-refractivity contribution in [2.24, 2.45) is 17.3 Å². The van der Waals surface area contributed by atoms with Gasteiger partial charge in [-0.25, -0.2) is 0 Å². The molecule has 0 bridgehead atoms. The highest BCUT2D eigenvalue weighted by Gasteiger charge is 2.52. The number of carbonyl (C=O) groups is 2. The SMILES string of the molecule is CC(=O)O[C@H](/C=C/[C@@H](C)CCC=C(C)C)/C(C)=C/CC[C@@]1(C)[C@H](CCCO)/C(=C(/C)C=O)CC[C@]1(C)O. The lowest BCUT2D eigenvalue weighted by atomic mass is 9.54. The van der Waals surface area contributed by atoms with Crippen LogP contribution >= 0.6 is 0 Å². The Morgan fingerprint density at radius 2 is 1.78 bits per heavy atom. The molecule has 0 heterocycles. The number of carbonyl (C=O) groups excluding carboxylic acids is 2. The second kappa shape index (κ2) is 15.4. The van der Waals surface area contributed by atoms with E-state index in [0.717, 1.165) is 48.7 Å². The van der Waals surface area contributed by atoms with Crippen molar-refractivity contribution in [3.63, 3.8) is 0 Å². The molecule has 5 heteroatoms. The third-order valence-corrected chi connectivity index (χ3v) is 8.30. The second-order valence-electron chi connectivity index (χ2n) is 11.7. The monoisotopic (exact) mass is 516 g/mol. The molecule has 0 aromatic carbocycles. The summed E-state index contributed by atoms with van der Waals surface area (Å²) in [6.45, 7) is 15.8. The maximum absolute atomic E-state index is 11.8. The van der Waals surface area contributed by atoms with Gasteiger partial charge in [-0.2, -0.15) is 0 Å². The fourth-order valence-corrected chi connectivity index (χ4v) is 5.58. The predicted octanol–water partition coefficient (Wildman–Crippen LogP) is 7.04. The molecule has 1 fully saturated rings. The molecule has 5 atom stereocenters. The van der Waals surface area contributed by atoms with Gasteiger partial charge in [0.1, 0.15) is 12.4 Å². The molecule has 0 radical (unpaired) electrons. The van der Waals surface area contributed by atoms with Crippen LogP contribution in [0.4, 0.5) is 0 Å². The summed E-state index contributed by atoms with van der Waals surface area (Å²) in [4.78, 5) is 23.4. The number of allylic oxidation sites excluding steroid dienone is 6. The number of hydrogen-bond donors (Lipinski definition) is 2. The summed E-state index contributed by atoms with van der Waals surface area (Å²) in [5.41, 5.74) is 2.80. The molecule has 0 amide bonds. The van der Waals surface area contributed by atoms with E-state index in [4.69, 9.17) is 4.74 Å². The van der Waals surface area contributed by atoms with Gasteiger partial charge < -0.3 is 14.9 Å². The number of aliphatic hydroxyl groups is 2. The van der Waals surface area contributed by atoms with Gasteiger partial charge in [0.25, 0.3) is 0 Å². The van der Waals surface area contributed by atoms with Crippen LogP contribution < -0.4 is 0 Å². The van der Waals surface area contributed by atoms with Crippen LogP contribution in [0.2, 0.25) is 0 Å². The van der Waals surface area contributed by atoms with Crippen LogP contribution in [0.3, 0.4) is 0 Å². The summed E-state index contributed by atoms with van der Waals surface area (Å²) >= 11 is 0. The van der Waals surface area contributed by atoms with Gasteiger partial charge in [0.2, 0.25) is 0 Å². The molecular weight excluding hydrogens is 464 g/mol. The number of ether oxygens (including phenoxy) is 1. The van der Waals surface area contributed by atoms with Crippen molar-refractivity contribution in [1.82, 2.24) is 0 Å². The quantitative estimate of drug-likeness (QED) is 0.112. The lowest BCUT2D eigenvalue weighted by Crippen LogP contribution is -2.52. The van der Waals surface area contributed by atoms with Crippen molar-refractivity contribution in [3.8, 4) is 0 Å². The first-order valence-corrected chi connectivity index (χ1v) is 13.9. The number of rotatable bonds is 14. The smallest absolute Gasteiger partial charge is 0.303 e. The van der Waals surface area contributed by atoms with Crippen LogP contribution in [0.5, 0.6) is 0 Å². The summed E-state index contributed by atoms with van der Waals surface area (Å²) in [7, 11) is 0. The average Bonchev–Trinajstić information content (AvgIpc) is 2.81. The maximum atomic E-state index is 11.8. The standard InChI is InChI=1S/C32H52O5/c1-23(2)12-9-13-24(3)16-17-30(37-27(6)35)25(4)14-10-19-31(7)29(15-11-21-33)28(26(5)22-34)18-20-32(31,8)36/h12,14,16-17,22,24,29-30,33,36H,9-11,13,15,18-21H2,1-8H3/b17-16+,25-14+,28-26-/t24-,29+,30+,31-,32-/m0/s1. The van der Waals surface area contributed by atoms with Gasteiger partial charge in [-0.3, -0.25) is 9.59 Å². The second-order valence-corrected chi connectivity index (χ2v) is 11.7. The highest BCUT2D eigenvalue weighted by molar-refractivity contribution is 5.74. The predicted molar refractivity (Wildman–Crippen MR) is 152 cm³/mol. The Labute approximate surface area is 225 Å². The van der Waals surface area contributed by atoms with Crippen LogP contribution in [-0.4, -0.2) is 40.8 Å². The van der Waals surface area contributed by atoms with E-state index in [2.05, 4.69) is 45.9 Å². The molecule has 1 aliphatic carbocycles. The first-order valence-electron chi connectivity index (χ1n) is 13.9. The van der Waals surface area contributed by atoms with Gasteiger partial charge in [0, 0.05) is 18.9 Å². The van der Waals surface area contributed by atoms with Gasteiger partial charge in [-0.1, -0.05) is 43.2 Å². The third-order valence-electron chi connectivity index (χ3n) is 8.30. The van der Waals surface area contributed by atoms with Gasteiger partial charge in [-0.15, -0.1) is 0 Å². The van der Waals surface area contributed by atoms with E-state index in [-0.39, 0.29) is 18.5 Å². The van der Waals surface area contributed by atoms with Gasteiger partial charge >= 0.3 is 5.97 Å². The number of aldehydes is 1. The Balaban J connectivity index is 3.11. The summed E-state index contributed by atoms with van der Waals surface area (Å²) < 4.78 is 5.62. The first-order chi connectivity index (χ1) is 17.3. The molecule has 1 rings (SSSR count). The zero-order valence-electron chi connectivity index (χ0n) is 24.6. The minimum atomic E-state index is -0.891. The summed E-state index contributed by atoms with van der Waals surface area (Å²) in [6, 6.07) is 0. The van der Waals surface area contributed by atoms with Crippen LogP contribution in [-0.2, 0) is 14.3 Å². The van der Waals surface area contributed by atoms with Crippen LogP contribution in [0.15, 0.2) is 46.6 Å². The molecule has 0 aliphatic heterocycles.